The molecule has 2 aliphatic rings. The molecule has 0 aliphatic carbocycles. The average molecular weight is 217 g/mol. The summed E-state index contributed by atoms with van der Waals surface area (Å²) < 4.78 is 0. The predicted molar refractivity (Wildman–Crippen MR) is 64.5 cm³/mol. The number of rotatable bonds is 0. The Morgan fingerprint density at radius 2 is 2.19 bits per heavy atom. The van der Waals surface area contributed by atoms with Crippen molar-refractivity contribution in [3.8, 4) is 5.75 Å². The van der Waals surface area contributed by atoms with Gasteiger partial charge in [0.15, 0.2) is 0 Å². The second kappa shape index (κ2) is 3.24. The van der Waals surface area contributed by atoms with E-state index in [2.05, 4.69) is 24.8 Å². The number of fused-ring (bicyclic) bond motifs is 3. The SMILES string of the molecule is C[C@@H]1CCN2CCc3cc(O)ccc3[C@@]12C. The zero-order valence-electron chi connectivity index (χ0n) is 10.0. The third-order valence-corrected chi connectivity index (χ3v) is 4.73. The maximum Gasteiger partial charge on any atom is 0.115 e. The Balaban J connectivity index is 2.16. The van der Waals surface area contributed by atoms with Crippen LogP contribution in [0.25, 0.3) is 0 Å². The molecule has 2 heteroatoms. The molecule has 1 aromatic carbocycles. The monoisotopic (exact) mass is 217 g/mol. The third-order valence-electron chi connectivity index (χ3n) is 4.73. The molecular weight excluding hydrogens is 198 g/mol. The van der Waals surface area contributed by atoms with Crippen molar-refractivity contribution < 1.29 is 5.11 Å². The summed E-state index contributed by atoms with van der Waals surface area (Å²) >= 11 is 0. The molecule has 0 aromatic heterocycles. The molecule has 3 rings (SSSR count). The van der Waals surface area contributed by atoms with Crippen LogP contribution < -0.4 is 0 Å². The van der Waals surface area contributed by atoms with E-state index in [-0.39, 0.29) is 5.54 Å². The highest BCUT2D eigenvalue weighted by atomic mass is 16.3. The zero-order chi connectivity index (χ0) is 11.3. The van der Waals surface area contributed by atoms with E-state index in [1.165, 1.54) is 24.1 Å². The molecule has 0 bridgehead atoms. The smallest absolute Gasteiger partial charge is 0.115 e. The van der Waals surface area contributed by atoms with Gasteiger partial charge in [0.25, 0.3) is 0 Å². The van der Waals surface area contributed by atoms with Crippen molar-refractivity contribution in [1.29, 1.82) is 0 Å². The Labute approximate surface area is 96.9 Å². The minimum atomic E-state index is 0.196. The number of hydrogen-bond acceptors (Lipinski definition) is 2. The number of phenolic OH excluding ortho intramolecular Hbond substituents is 1. The van der Waals surface area contributed by atoms with E-state index >= 15 is 0 Å². The van der Waals surface area contributed by atoms with Gasteiger partial charge in [-0.15, -0.1) is 0 Å². The first kappa shape index (κ1) is 10.2. The van der Waals surface area contributed by atoms with Crippen LogP contribution in [0.15, 0.2) is 18.2 Å². The highest BCUT2D eigenvalue weighted by Crippen LogP contribution is 2.47. The van der Waals surface area contributed by atoms with Crippen LogP contribution in [-0.4, -0.2) is 23.1 Å². The summed E-state index contributed by atoms with van der Waals surface area (Å²) in [6.07, 6.45) is 2.36. The van der Waals surface area contributed by atoms with Crippen LogP contribution in [0, 0.1) is 5.92 Å². The van der Waals surface area contributed by atoms with Crippen molar-refractivity contribution in [2.75, 3.05) is 13.1 Å². The molecular formula is C14H19NO. The molecule has 0 spiro atoms. The Kier molecular flexibility index (Phi) is 2.05. The molecule has 1 fully saturated rings. The fourth-order valence-corrected chi connectivity index (χ4v) is 3.49. The van der Waals surface area contributed by atoms with Gasteiger partial charge in [-0.3, -0.25) is 4.90 Å². The van der Waals surface area contributed by atoms with E-state index in [4.69, 9.17) is 0 Å². The van der Waals surface area contributed by atoms with Crippen molar-refractivity contribution in [3.63, 3.8) is 0 Å². The van der Waals surface area contributed by atoms with E-state index < -0.39 is 0 Å². The number of nitrogens with zero attached hydrogens (tertiary/aromatic N) is 1. The molecule has 0 radical (unpaired) electrons. The van der Waals surface area contributed by atoms with E-state index in [0.29, 0.717) is 11.7 Å². The molecule has 0 amide bonds. The van der Waals surface area contributed by atoms with Gasteiger partial charge >= 0.3 is 0 Å². The molecule has 86 valence electrons. The first-order chi connectivity index (χ1) is 7.62. The molecule has 16 heavy (non-hydrogen) atoms. The molecule has 1 saturated heterocycles. The average Bonchev–Trinajstić information content (AvgIpc) is 2.55. The van der Waals surface area contributed by atoms with Gasteiger partial charge in [0.1, 0.15) is 5.75 Å². The first-order valence-corrected chi connectivity index (χ1v) is 6.20. The molecule has 0 saturated carbocycles. The van der Waals surface area contributed by atoms with E-state index in [0.717, 1.165) is 13.0 Å². The molecule has 0 unspecified atom stereocenters. The lowest BCUT2D eigenvalue weighted by molar-refractivity contribution is 0.112. The maximum atomic E-state index is 9.56. The van der Waals surface area contributed by atoms with Crippen LogP contribution in [0.4, 0.5) is 0 Å². The van der Waals surface area contributed by atoms with Crippen LogP contribution in [0.5, 0.6) is 5.75 Å². The van der Waals surface area contributed by atoms with E-state index in [9.17, 15) is 5.11 Å². The van der Waals surface area contributed by atoms with Gasteiger partial charge in [0.05, 0.1) is 0 Å². The van der Waals surface area contributed by atoms with E-state index in [1.54, 1.807) is 0 Å². The van der Waals surface area contributed by atoms with Crippen LogP contribution in [0.3, 0.4) is 0 Å². The lowest BCUT2D eigenvalue weighted by Crippen LogP contribution is -2.46. The minimum Gasteiger partial charge on any atom is -0.508 e. The summed E-state index contributed by atoms with van der Waals surface area (Å²) in [5.41, 5.74) is 2.97. The molecule has 2 heterocycles. The highest BCUT2D eigenvalue weighted by molar-refractivity contribution is 5.42. The molecule has 1 N–H and O–H groups in total. The standard InChI is InChI=1S/C14H19NO/c1-10-5-7-15-8-6-11-9-12(16)3-4-13(11)14(10,15)2/h3-4,9-10,16H,5-8H2,1-2H3/t10-,14-/m1/s1. The van der Waals surface area contributed by atoms with Crippen LogP contribution in [0.2, 0.25) is 0 Å². The summed E-state index contributed by atoms with van der Waals surface area (Å²) in [5.74, 6) is 1.11. The predicted octanol–water partition coefficient (Wildman–Crippen LogP) is 2.51. The molecule has 2 atom stereocenters. The van der Waals surface area contributed by atoms with Crippen molar-refractivity contribution in [1.82, 2.24) is 4.90 Å². The Morgan fingerprint density at radius 1 is 1.38 bits per heavy atom. The summed E-state index contributed by atoms with van der Waals surface area (Å²) in [5, 5.41) is 9.56. The van der Waals surface area contributed by atoms with Gasteiger partial charge < -0.3 is 5.11 Å². The molecule has 2 nitrogen and oxygen atoms in total. The summed E-state index contributed by atoms with van der Waals surface area (Å²) in [7, 11) is 0. The quantitative estimate of drug-likeness (QED) is 0.721. The Bertz CT molecular complexity index is 429. The second-order valence-corrected chi connectivity index (χ2v) is 5.42. The fourth-order valence-electron chi connectivity index (χ4n) is 3.49. The molecule has 1 aromatic rings. The van der Waals surface area contributed by atoms with Gasteiger partial charge in [-0.2, -0.15) is 0 Å². The van der Waals surface area contributed by atoms with Crippen LogP contribution in [-0.2, 0) is 12.0 Å². The lowest BCUT2D eigenvalue weighted by atomic mass is 9.76. The summed E-state index contributed by atoms with van der Waals surface area (Å²) in [4.78, 5) is 2.61. The van der Waals surface area contributed by atoms with Gasteiger partial charge in [-0.25, -0.2) is 0 Å². The van der Waals surface area contributed by atoms with Crippen molar-refractivity contribution in [3.05, 3.63) is 29.3 Å². The zero-order valence-corrected chi connectivity index (χ0v) is 10.0. The Morgan fingerprint density at radius 3 is 3.00 bits per heavy atom. The van der Waals surface area contributed by atoms with E-state index in [1.807, 2.05) is 12.1 Å². The summed E-state index contributed by atoms with van der Waals surface area (Å²) in [6.45, 7) is 7.07. The molecule has 2 aliphatic heterocycles. The third kappa shape index (κ3) is 1.17. The normalized spacial score (nSPS) is 33.5. The van der Waals surface area contributed by atoms with Crippen LogP contribution in [0.1, 0.15) is 31.4 Å². The minimum absolute atomic E-state index is 0.196. The topological polar surface area (TPSA) is 23.5 Å². The highest BCUT2D eigenvalue weighted by Gasteiger charge is 2.46. The Hall–Kier alpha value is -1.02. The van der Waals surface area contributed by atoms with Gasteiger partial charge in [-0.05, 0) is 55.5 Å². The first-order valence-electron chi connectivity index (χ1n) is 6.20. The van der Waals surface area contributed by atoms with Crippen molar-refractivity contribution >= 4 is 0 Å². The lowest BCUT2D eigenvalue weighted by Gasteiger charge is -2.44. The van der Waals surface area contributed by atoms with Gasteiger partial charge in [0.2, 0.25) is 0 Å². The van der Waals surface area contributed by atoms with Crippen molar-refractivity contribution in [2.45, 2.75) is 32.2 Å². The number of benzene rings is 1. The second-order valence-electron chi connectivity index (χ2n) is 5.42. The van der Waals surface area contributed by atoms with Crippen LogP contribution >= 0.6 is 0 Å². The van der Waals surface area contributed by atoms with Gasteiger partial charge in [0, 0.05) is 12.1 Å². The van der Waals surface area contributed by atoms with Gasteiger partial charge in [-0.1, -0.05) is 13.0 Å². The number of aromatic hydroxyl groups is 1. The van der Waals surface area contributed by atoms with Crippen molar-refractivity contribution in [2.24, 2.45) is 5.92 Å². The number of phenols is 1. The number of hydrogen-bond donors (Lipinski definition) is 1. The fraction of sp³-hybridized carbons (Fsp3) is 0.571. The maximum absolute atomic E-state index is 9.56. The largest absolute Gasteiger partial charge is 0.508 e. The summed E-state index contributed by atoms with van der Waals surface area (Å²) in [6, 6.07) is 5.90.